The summed E-state index contributed by atoms with van der Waals surface area (Å²) >= 11 is 0. The highest BCUT2D eigenvalue weighted by Gasteiger charge is 2.11. The maximum Gasteiger partial charge on any atom is -0.0169 e. The summed E-state index contributed by atoms with van der Waals surface area (Å²) in [6.45, 7) is 11.0. The lowest BCUT2D eigenvalue weighted by Crippen LogP contribution is -2.06. The van der Waals surface area contributed by atoms with E-state index in [0.29, 0.717) is 5.41 Å². The number of rotatable bonds is 6. The van der Waals surface area contributed by atoms with Crippen LogP contribution in [0, 0.1) is 5.41 Å². The van der Waals surface area contributed by atoms with Gasteiger partial charge in [-0.1, -0.05) is 49.8 Å². The van der Waals surface area contributed by atoms with E-state index in [-0.39, 0.29) is 0 Å². The zero-order valence-corrected chi connectivity index (χ0v) is 11.0. The molecule has 0 spiro atoms. The van der Waals surface area contributed by atoms with Gasteiger partial charge in [-0.15, -0.1) is 0 Å². The van der Waals surface area contributed by atoms with Crippen molar-refractivity contribution in [3.05, 3.63) is 36.0 Å². The van der Waals surface area contributed by atoms with Gasteiger partial charge in [-0.2, -0.15) is 0 Å². The summed E-state index contributed by atoms with van der Waals surface area (Å²) in [5.74, 6) is 0. The van der Waals surface area contributed by atoms with E-state index in [1.807, 2.05) is 0 Å². The average molecular weight is 206 g/mol. The Kier molecular flexibility index (Phi) is 7.11. The van der Waals surface area contributed by atoms with Crippen LogP contribution in [0.1, 0.15) is 53.9 Å². The van der Waals surface area contributed by atoms with Crippen molar-refractivity contribution in [1.29, 1.82) is 0 Å². The maximum atomic E-state index is 2.34. The predicted molar refractivity (Wildman–Crippen MR) is 71.0 cm³/mol. The third-order valence-corrected chi connectivity index (χ3v) is 2.42. The smallest absolute Gasteiger partial charge is 0.0169 e. The Balaban J connectivity index is 3.95. The molecule has 0 amide bonds. The fraction of sp³-hybridized carbons (Fsp3) is 0.600. The van der Waals surface area contributed by atoms with Gasteiger partial charge in [0.1, 0.15) is 0 Å². The number of hydrogen-bond acceptors (Lipinski definition) is 0. The summed E-state index contributed by atoms with van der Waals surface area (Å²) in [5, 5.41) is 0. The summed E-state index contributed by atoms with van der Waals surface area (Å²) < 4.78 is 0. The highest BCUT2D eigenvalue weighted by atomic mass is 14.2. The molecule has 0 radical (unpaired) electrons. The van der Waals surface area contributed by atoms with Crippen molar-refractivity contribution in [2.24, 2.45) is 5.41 Å². The molecular weight excluding hydrogens is 180 g/mol. The third kappa shape index (κ3) is 9.52. The zero-order valence-electron chi connectivity index (χ0n) is 11.0. The Morgan fingerprint density at radius 2 is 1.80 bits per heavy atom. The molecule has 86 valence electrons. The predicted octanol–water partition coefficient (Wildman–Crippen LogP) is 5.28. The molecule has 0 heteroatoms. The summed E-state index contributed by atoms with van der Waals surface area (Å²) in [4.78, 5) is 0. The van der Waals surface area contributed by atoms with Crippen molar-refractivity contribution < 1.29 is 0 Å². The minimum absolute atomic E-state index is 0.327. The van der Waals surface area contributed by atoms with Gasteiger partial charge in [0.15, 0.2) is 0 Å². The van der Waals surface area contributed by atoms with Crippen LogP contribution >= 0.6 is 0 Å². The fourth-order valence-electron chi connectivity index (χ4n) is 1.42. The molecule has 0 atom stereocenters. The first-order valence-corrected chi connectivity index (χ1v) is 5.90. The molecule has 0 aliphatic carbocycles. The molecule has 0 heterocycles. The van der Waals surface area contributed by atoms with Crippen LogP contribution in [0.2, 0.25) is 0 Å². The van der Waals surface area contributed by atoms with Crippen LogP contribution in [-0.2, 0) is 0 Å². The van der Waals surface area contributed by atoms with Gasteiger partial charge in [0, 0.05) is 0 Å². The molecule has 0 aliphatic rings. The van der Waals surface area contributed by atoms with Gasteiger partial charge < -0.3 is 0 Å². The lowest BCUT2D eigenvalue weighted by molar-refractivity contribution is 0.441. The largest absolute Gasteiger partial charge is 0.0914 e. The van der Waals surface area contributed by atoms with Gasteiger partial charge in [0.05, 0.1) is 0 Å². The highest BCUT2D eigenvalue weighted by molar-refractivity contribution is 5.00. The zero-order chi connectivity index (χ0) is 11.7. The topological polar surface area (TPSA) is 0 Å². The summed E-state index contributed by atoms with van der Waals surface area (Å²) in [7, 11) is 0. The van der Waals surface area contributed by atoms with Crippen molar-refractivity contribution in [3.8, 4) is 0 Å². The maximum absolute atomic E-state index is 2.34. The van der Waals surface area contributed by atoms with Crippen LogP contribution in [-0.4, -0.2) is 0 Å². The van der Waals surface area contributed by atoms with Crippen molar-refractivity contribution in [2.45, 2.75) is 53.9 Å². The van der Waals surface area contributed by atoms with Crippen LogP contribution in [0.3, 0.4) is 0 Å². The van der Waals surface area contributed by atoms with Crippen molar-refractivity contribution in [1.82, 2.24) is 0 Å². The molecule has 0 saturated carbocycles. The van der Waals surface area contributed by atoms with Crippen LogP contribution in [0.15, 0.2) is 36.0 Å². The molecule has 0 N–H and O–H groups in total. The van der Waals surface area contributed by atoms with E-state index in [9.17, 15) is 0 Å². The standard InChI is InChI=1S/C15H26/c1-6-7-8-9-12-15(4,5)13-10-11-14(2)3/h6-7,9,11-12H,8,10,13H2,1-5H3. The molecule has 0 saturated heterocycles. The Morgan fingerprint density at radius 1 is 1.13 bits per heavy atom. The first kappa shape index (κ1) is 14.2. The molecular formula is C15H26. The molecule has 0 unspecified atom stereocenters. The Hall–Kier alpha value is -0.780. The normalized spacial score (nSPS) is 12.6. The average Bonchev–Trinajstić information content (AvgIpc) is 2.11. The number of hydrogen-bond donors (Lipinski definition) is 0. The number of allylic oxidation sites excluding steroid dienone is 6. The first-order chi connectivity index (χ1) is 6.98. The molecule has 0 aliphatic heterocycles. The molecule has 0 nitrogen and oxygen atoms in total. The lowest BCUT2D eigenvalue weighted by Gasteiger charge is -2.19. The minimum atomic E-state index is 0.327. The van der Waals surface area contributed by atoms with E-state index < -0.39 is 0 Å². The van der Waals surface area contributed by atoms with Crippen LogP contribution in [0.4, 0.5) is 0 Å². The van der Waals surface area contributed by atoms with Gasteiger partial charge in [0.25, 0.3) is 0 Å². The molecule has 15 heavy (non-hydrogen) atoms. The van der Waals surface area contributed by atoms with Gasteiger partial charge in [-0.05, 0) is 45.4 Å². The molecule has 0 aromatic heterocycles. The molecule has 0 fully saturated rings. The Labute approximate surface area is 95.8 Å². The second-order valence-electron chi connectivity index (χ2n) is 5.02. The summed E-state index contributed by atoms with van der Waals surface area (Å²) in [6, 6.07) is 0. The van der Waals surface area contributed by atoms with E-state index in [4.69, 9.17) is 0 Å². The van der Waals surface area contributed by atoms with Crippen molar-refractivity contribution in [2.75, 3.05) is 0 Å². The van der Waals surface area contributed by atoms with Crippen molar-refractivity contribution in [3.63, 3.8) is 0 Å². The molecule has 0 rings (SSSR count). The van der Waals surface area contributed by atoms with E-state index in [1.165, 1.54) is 18.4 Å². The second-order valence-corrected chi connectivity index (χ2v) is 5.02. The van der Waals surface area contributed by atoms with E-state index in [2.05, 4.69) is 65.0 Å². The molecule has 0 aromatic carbocycles. The van der Waals surface area contributed by atoms with Gasteiger partial charge in [-0.25, -0.2) is 0 Å². The fourth-order valence-corrected chi connectivity index (χ4v) is 1.42. The van der Waals surface area contributed by atoms with Crippen LogP contribution < -0.4 is 0 Å². The SMILES string of the molecule is CC=CCC=CC(C)(C)CCC=C(C)C. The third-order valence-electron chi connectivity index (χ3n) is 2.42. The minimum Gasteiger partial charge on any atom is -0.0914 e. The second kappa shape index (κ2) is 7.50. The van der Waals surface area contributed by atoms with E-state index in [1.54, 1.807) is 0 Å². The van der Waals surface area contributed by atoms with Gasteiger partial charge in [-0.3, -0.25) is 0 Å². The monoisotopic (exact) mass is 206 g/mol. The first-order valence-electron chi connectivity index (χ1n) is 5.90. The quantitative estimate of drug-likeness (QED) is 0.518. The van der Waals surface area contributed by atoms with E-state index >= 15 is 0 Å². The summed E-state index contributed by atoms with van der Waals surface area (Å²) in [5.41, 5.74) is 1.75. The van der Waals surface area contributed by atoms with Gasteiger partial charge >= 0.3 is 0 Å². The van der Waals surface area contributed by atoms with Gasteiger partial charge in [0.2, 0.25) is 0 Å². The van der Waals surface area contributed by atoms with E-state index in [0.717, 1.165) is 6.42 Å². The highest BCUT2D eigenvalue weighted by Crippen LogP contribution is 2.24. The van der Waals surface area contributed by atoms with Crippen LogP contribution in [0.5, 0.6) is 0 Å². The Bertz CT molecular complexity index is 235. The lowest BCUT2D eigenvalue weighted by atomic mass is 9.87. The van der Waals surface area contributed by atoms with Crippen molar-refractivity contribution >= 4 is 0 Å². The summed E-state index contributed by atoms with van der Waals surface area (Å²) in [6.07, 6.45) is 14.7. The molecule has 0 aromatic rings. The van der Waals surface area contributed by atoms with Crippen LogP contribution in [0.25, 0.3) is 0 Å². The molecule has 0 bridgehead atoms. The Morgan fingerprint density at radius 3 is 2.33 bits per heavy atom.